The lowest BCUT2D eigenvalue weighted by Crippen LogP contribution is -2.61. The van der Waals surface area contributed by atoms with Crippen LogP contribution in [-0.2, 0) is 21.8 Å². The molecule has 24 heavy (non-hydrogen) atoms. The molecule has 3 unspecified atom stereocenters. The maximum absolute atomic E-state index is 12.8. The number of carbonyl (C=O) groups is 1. The Balaban J connectivity index is 1.66. The zero-order chi connectivity index (χ0) is 16.7. The number of carbonyl (C=O) groups excluding carboxylic acids is 1. The minimum atomic E-state index is -0.722. The molecule has 2 bridgehead atoms. The van der Waals surface area contributed by atoms with Crippen molar-refractivity contribution in [3.8, 4) is 5.75 Å². The predicted octanol–water partition coefficient (Wildman–Crippen LogP) is 1.96. The van der Waals surface area contributed by atoms with E-state index in [9.17, 15) is 9.90 Å². The summed E-state index contributed by atoms with van der Waals surface area (Å²) >= 11 is 0. The van der Waals surface area contributed by atoms with Gasteiger partial charge in [0.25, 0.3) is 0 Å². The molecule has 5 nitrogen and oxygen atoms in total. The van der Waals surface area contributed by atoms with E-state index in [4.69, 9.17) is 4.74 Å². The Morgan fingerprint density at radius 2 is 1.92 bits per heavy atom. The molecule has 2 heterocycles. The van der Waals surface area contributed by atoms with Gasteiger partial charge in [0.05, 0.1) is 12.6 Å². The Morgan fingerprint density at radius 3 is 2.62 bits per heavy atom. The quantitative estimate of drug-likeness (QED) is 0.906. The van der Waals surface area contributed by atoms with Gasteiger partial charge in [0.2, 0.25) is 5.91 Å². The summed E-state index contributed by atoms with van der Waals surface area (Å²) in [4.78, 5) is 14.6. The molecule has 2 aliphatic rings. The van der Waals surface area contributed by atoms with Gasteiger partial charge in [-0.1, -0.05) is 42.5 Å². The van der Waals surface area contributed by atoms with E-state index in [0.717, 1.165) is 11.1 Å². The average Bonchev–Trinajstić information content (AvgIpc) is 2.88. The molecule has 3 atom stereocenters. The maximum atomic E-state index is 12.8. The first-order chi connectivity index (χ1) is 11.6. The molecule has 4 rings (SSSR count). The third kappa shape index (κ3) is 2.46. The van der Waals surface area contributed by atoms with Crippen LogP contribution in [0.15, 0.2) is 54.6 Å². The number of hydrogen-bond acceptors (Lipinski definition) is 4. The summed E-state index contributed by atoms with van der Waals surface area (Å²) in [5, 5.41) is 12.9. The molecule has 2 saturated heterocycles. The summed E-state index contributed by atoms with van der Waals surface area (Å²) < 4.78 is 6.18. The first kappa shape index (κ1) is 15.2. The predicted molar refractivity (Wildman–Crippen MR) is 89.1 cm³/mol. The second-order valence-corrected chi connectivity index (χ2v) is 6.50. The van der Waals surface area contributed by atoms with Crippen LogP contribution in [-0.4, -0.2) is 34.6 Å². The van der Waals surface area contributed by atoms with Crippen molar-refractivity contribution in [1.29, 1.82) is 0 Å². The fraction of sp³-hybridized carbons (Fsp3) is 0.316. The lowest BCUT2D eigenvalue weighted by Gasteiger charge is -2.39. The van der Waals surface area contributed by atoms with Crippen molar-refractivity contribution in [2.75, 3.05) is 6.54 Å². The molecule has 1 amide bonds. The molecule has 0 radical (unpaired) electrons. The third-order valence-electron chi connectivity index (χ3n) is 4.79. The van der Waals surface area contributed by atoms with E-state index in [2.05, 4.69) is 5.32 Å². The number of piperazine rings is 1. The van der Waals surface area contributed by atoms with E-state index in [1.165, 1.54) is 0 Å². The van der Waals surface area contributed by atoms with Gasteiger partial charge in [-0.05, 0) is 24.6 Å². The van der Waals surface area contributed by atoms with E-state index in [0.29, 0.717) is 13.1 Å². The third-order valence-corrected chi connectivity index (χ3v) is 4.79. The van der Waals surface area contributed by atoms with E-state index >= 15 is 0 Å². The Labute approximate surface area is 140 Å². The number of benzene rings is 2. The molecular weight excluding hydrogens is 304 g/mol. The lowest BCUT2D eigenvalue weighted by atomic mass is 9.98. The van der Waals surface area contributed by atoms with Crippen LogP contribution in [0.4, 0.5) is 0 Å². The molecule has 2 N–H and O–H groups in total. The highest BCUT2D eigenvalue weighted by Gasteiger charge is 2.54. The lowest BCUT2D eigenvalue weighted by molar-refractivity contribution is -0.140. The van der Waals surface area contributed by atoms with Crippen molar-refractivity contribution in [3.05, 3.63) is 65.7 Å². The van der Waals surface area contributed by atoms with Gasteiger partial charge in [-0.15, -0.1) is 0 Å². The molecule has 0 aliphatic carbocycles. The van der Waals surface area contributed by atoms with Gasteiger partial charge in [0.1, 0.15) is 11.8 Å². The van der Waals surface area contributed by atoms with Crippen LogP contribution in [0.5, 0.6) is 5.75 Å². The fourth-order valence-corrected chi connectivity index (χ4v) is 3.59. The standard InChI is InChI=1S/C19H20N2O3/c1-13-17-18(23)21(11-14-5-3-2-4-6-14)12-19(20-17,24-13)15-7-9-16(22)10-8-15/h2-10,13,17,20,22H,11-12H2,1H3. The average molecular weight is 324 g/mol. The number of hydrogen-bond donors (Lipinski definition) is 2. The summed E-state index contributed by atoms with van der Waals surface area (Å²) in [6, 6.07) is 16.6. The van der Waals surface area contributed by atoms with Gasteiger partial charge in [0.15, 0.2) is 5.72 Å². The SMILES string of the molecule is CC1OC2(c3ccc(O)cc3)CN(Cc3ccccc3)C(=O)C1N2. The highest BCUT2D eigenvalue weighted by molar-refractivity contribution is 5.84. The van der Waals surface area contributed by atoms with Crippen LogP contribution >= 0.6 is 0 Å². The van der Waals surface area contributed by atoms with Crippen molar-refractivity contribution < 1.29 is 14.6 Å². The Bertz CT molecular complexity index is 747. The van der Waals surface area contributed by atoms with Gasteiger partial charge < -0.3 is 14.7 Å². The number of rotatable bonds is 3. The summed E-state index contributed by atoms with van der Waals surface area (Å²) in [5.74, 6) is 0.282. The second-order valence-electron chi connectivity index (χ2n) is 6.50. The minimum Gasteiger partial charge on any atom is -0.508 e. The molecule has 0 spiro atoms. The first-order valence-corrected chi connectivity index (χ1v) is 8.15. The summed E-state index contributed by atoms with van der Waals surface area (Å²) in [5.41, 5.74) is 1.29. The smallest absolute Gasteiger partial charge is 0.242 e. The summed E-state index contributed by atoms with van der Waals surface area (Å²) in [7, 11) is 0. The fourth-order valence-electron chi connectivity index (χ4n) is 3.59. The van der Waals surface area contributed by atoms with E-state index < -0.39 is 5.72 Å². The minimum absolute atomic E-state index is 0.0678. The first-order valence-electron chi connectivity index (χ1n) is 8.15. The molecule has 2 aromatic rings. The summed E-state index contributed by atoms with van der Waals surface area (Å²) in [6.45, 7) is 2.92. The number of phenolic OH excluding ortho intramolecular Hbond substituents is 1. The van der Waals surface area contributed by atoms with Crippen molar-refractivity contribution in [1.82, 2.24) is 10.2 Å². The highest BCUT2D eigenvalue weighted by atomic mass is 16.5. The topological polar surface area (TPSA) is 61.8 Å². The molecule has 124 valence electrons. The van der Waals surface area contributed by atoms with E-state index in [1.807, 2.05) is 54.3 Å². The van der Waals surface area contributed by atoms with Crippen molar-refractivity contribution >= 4 is 5.91 Å². The van der Waals surface area contributed by atoms with Gasteiger partial charge >= 0.3 is 0 Å². The number of amides is 1. The number of fused-ring (bicyclic) bond motifs is 2. The molecular formula is C19H20N2O3. The van der Waals surface area contributed by atoms with Crippen LogP contribution in [0.3, 0.4) is 0 Å². The number of phenols is 1. The molecule has 0 saturated carbocycles. The van der Waals surface area contributed by atoms with E-state index in [-0.39, 0.29) is 23.8 Å². The molecule has 2 aliphatic heterocycles. The Kier molecular flexibility index (Phi) is 3.55. The normalized spacial score (nSPS) is 29.0. The number of aromatic hydroxyl groups is 1. The Hall–Kier alpha value is -2.37. The van der Waals surface area contributed by atoms with Crippen molar-refractivity contribution in [3.63, 3.8) is 0 Å². The van der Waals surface area contributed by atoms with Crippen LogP contribution in [0.2, 0.25) is 0 Å². The van der Waals surface area contributed by atoms with Gasteiger partial charge in [0, 0.05) is 12.1 Å². The van der Waals surface area contributed by atoms with Crippen molar-refractivity contribution in [2.24, 2.45) is 0 Å². The molecule has 0 aromatic heterocycles. The van der Waals surface area contributed by atoms with Gasteiger partial charge in [-0.2, -0.15) is 0 Å². The second kappa shape index (κ2) is 5.61. The molecule has 5 heteroatoms. The highest BCUT2D eigenvalue weighted by Crippen LogP contribution is 2.38. The van der Waals surface area contributed by atoms with Crippen LogP contribution in [0, 0.1) is 0 Å². The van der Waals surface area contributed by atoms with Gasteiger partial charge in [-0.25, -0.2) is 0 Å². The zero-order valence-corrected chi connectivity index (χ0v) is 13.5. The number of nitrogens with zero attached hydrogens (tertiary/aromatic N) is 1. The Morgan fingerprint density at radius 1 is 1.21 bits per heavy atom. The van der Waals surface area contributed by atoms with Crippen LogP contribution in [0.25, 0.3) is 0 Å². The van der Waals surface area contributed by atoms with Crippen LogP contribution in [0.1, 0.15) is 18.1 Å². The number of ether oxygens (including phenoxy) is 1. The van der Waals surface area contributed by atoms with Gasteiger partial charge in [-0.3, -0.25) is 10.1 Å². The van der Waals surface area contributed by atoms with E-state index in [1.54, 1.807) is 12.1 Å². The number of nitrogens with one attached hydrogen (secondary N) is 1. The monoisotopic (exact) mass is 324 g/mol. The van der Waals surface area contributed by atoms with Crippen LogP contribution < -0.4 is 5.32 Å². The zero-order valence-electron chi connectivity index (χ0n) is 13.5. The van der Waals surface area contributed by atoms with Crippen molar-refractivity contribution in [2.45, 2.75) is 31.3 Å². The maximum Gasteiger partial charge on any atom is 0.242 e. The largest absolute Gasteiger partial charge is 0.508 e. The molecule has 2 fully saturated rings. The summed E-state index contributed by atoms with van der Waals surface area (Å²) in [6.07, 6.45) is -0.202. The molecule has 2 aromatic carbocycles.